The second kappa shape index (κ2) is 12.6. The number of anilines is 1. The summed E-state index contributed by atoms with van der Waals surface area (Å²) in [7, 11) is 4.46. The van der Waals surface area contributed by atoms with Crippen LogP contribution in [0.1, 0.15) is 76.9 Å². The van der Waals surface area contributed by atoms with Crippen LogP contribution in [-0.4, -0.2) is 64.2 Å². The number of aromatic carboxylic acids is 1. The Hall–Kier alpha value is -4.57. The third kappa shape index (κ3) is 6.39. The number of likely N-dealkylation sites (N-methyl/N-ethyl adjacent to an activating group) is 1. The van der Waals surface area contributed by atoms with E-state index < -0.39 is 5.97 Å². The van der Waals surface area contributed by atoms with Crippen LogP contribution in [-0.2, 0) is 19.7 Å². The molecule has 2 aliphatic rings. The zero-order chi connectivity index (χ0) is 32.7. The molecule has 0 spiro atoms. The summed E-state index contributed by atoms with van der Waals surface area (Å²) >= 11 is 0. The average molecular weight is 639 g/mol. The standard InChI is InChI=1S/C37H43N5O5/c1-24-18-28(38-46-24)22-42(3,4)17-16-40-14-15-41-34-20-27(37(43)44)10-12-31(34)35(26-8-6-5-7-9-26)36(41)32-13-11-30(21-33(32)40)45-23-29-19-25(2)47-39-29/h10-13,18-21,26H,5-9,14-17,22-23H2,1-4H3/p+1. The molecular formula is C37H44N5O5+. The predicted molar refractivity (Wildman–Crippen MR) is 180 cm³/mol. The van der Waals surface area contributed by atoms with E-state index in [0.29, 0.717) is 18.1 Å². The largest absolute Gasteiger partial charge is 0.487 e. The molecule has 10 heteroatoms. The molecule has 7 rings (SSSR count). The quantitative estimate of drug-likeness (QED) is 0.159. The van der Waals surface area contributed by atoms with Crippen molar-refractivity contribution in [1.82, 2.24) is 14.9 Å². The molecule has 5 aromatic rings. The van der Waals surface area contributed by atoms with Gasteiger partial charge in [0.05, 0.1) is 44.1 Å². The summed E-state index contributed by atoms with van der Waals surface area (Å²) in [5.41, 5.74) is 7.92. The summed E-state index contributed by atoms with van der Waals surface area (Å²) in [5.74, 6) is 1.89. The zero-order valence-corrected chi connectivity index (χ0v) is 27.8. The van der Waals surface area contributed by atoms with E-state index >= 15 is 0 Å². The van der Waals surface area contributed by atoms with Gasteiger partial charge in [0.15, 0.2) is 0 Å². The van der Waals surface area contributed by atoms with E-state index in [-0.39, 0.29) is 0 Å². The van der Waals surface area contributed by atoms with Crippen molar-refractivity contribution in [2.45, 2.75) is 71.6 Å². The number of quaternary nitrogens is 1. The number of carboxylic acids is 1. The van der Waals surface area contributed by atoms with Gasteiger partial charge < -0.3 is 32.8 Å². The second-order valence-corrected chi connectivity index (χ2v) is 13.9. The Morgan fingerprint density at radius 3 is 2.40 bits per heavy atom. The number of fused-ring (bicyclic) bond motifs is 5. The summed E-state index contributed by atoms with van der Waals surface area (Å²) < 4.78 is 20.0. The molecular weight excluding hydrogens is 594 g/mol. The SMILES string of the molecule is Cc1cc(COc2ccc3c(c2)N(CC[N+](C)(C)Cc2cc(C)on2)CCn2c-3c(C3CCCCC3)c3ccc(C(=O)O)cc32)no1. The molecule has 2 aromatic carbocycles. The van der Waals surface area contributed by atoms with Crippen molar-refractivity contribution in [2.75, 3.05) is 38.6 Å². The average Bonchev–Trinajstić information content (AvgIpc) is 3.73. The minimum Gasteiger partial charge on any atom is -0.487 e. The van der Waals surface area contributed by atoms with Gasteiger partial charge >= 0.3 is 5.97 Å². The molecule has 47 heavy (non-hydrogen) atoms. The zero-order valence-electron chi connectivity index (χ0n) is 27.8. The van der Waals surface area contributed by atoms with Crippen molar-refractivity contribution >= 4 is 22.6 Å². The molecule has 0 atom stereocenters. The number of hydrogen-bond acceptors (Lipinski definition) is 7. The van der Waals surface area contributed by atoms with Crippen LogP contribution in [0.25, 0.3) is 22.2 Å². The van der Waals surface area contributed by atoms with E-state index in [1.165, 1.54) is 41.5 Å². The van der Waals surface area contributed by atoms with Gasteiger partial charge in [-0.15, -0.1) is 0 Å². The van der Waals surface area contributed by atoms with Gasteiger partial charge in [0.2, 0.25) is 0 Å². The number of carboxylic acid groups (broad SMARTS) is 1. The lowest BCUT2D eigenvalue weighted by Gasteiger charge is -2.33. The Labute approximate surface area is 275 Å². The fourth-order valence-electron chi connectivity index (χ4n) is 7.52. The van der Waals surface area contributed by atoms with Gasteiger partial charge in [-0.1, -0.05) is 35.6 Å². The van der Waals surface area contributed by atoms with Crippen LogP contribution in [0.15, 0.2) is 57.6 Å². The number of nitrogens with zero attached hydrogens (tertiary/aromatic N) is 5. The summed E-state index contributed by atoms with van der Waals surface area (Å²) in [4.78, 5) is 14.6. The van der Waals surface area contributed by atoms with Crippen molar-refractivity contribution in [3.8, 4) is 17.0 Å². The molecule has 0 bridgehead atoms. The van der Waals surface area contributed by atoms with Crippen molar-refractivity contribution in [2.24, 2.45) is 0 Å². The summed E-state index contributed by atoms with van der Waals surface area (Å²) in [6.45, 7) is 8.14. The smallest absolute Gasteiger partial charge is 0.335 e. The van der Waals surface area contributed by atoms with Crippen LogP contribution in [0.4, 0.5) is 5.69 Å². The van der Waals surface area contributed by atoms with Gasteiger partial charge in [0.1, 0.15) is 41.8 Å². The van der Waals surface area contributed by atoms with Crippen molar-refractivity contribution < 1.29 is 28.2 Å². The van der Waals surface area contributed by atoms with Crippen LogP contribution in [0.3, 0.4) is 0 Å². The van der Waals surface area contributed by atoms with Gasteiger partial charge in [0, 0.05) is 47.8 Å². The van der Waals surface area contributed by atoms with Crippen LogP contribution in [0, 0.1) is 13.8 Å². The molecule has 1 fully saturated rings. The summed E-state index contributed by atoms with van der Waals surface area (Å²) in [5, 5.41) is 19.5. The fourth-order valence-corrected chi connectivity index (χ4v) is 7.52. The molecule has 1 aliphatic heterocycles. The van der Waals surface area contributed by atoms with Gasteiger partial charge in [-0.3, -0.25) is 0 Å². The van der Waals surface area contributed by atoms with E-state index in [1.807, 2.05) is 38.1 Å². The summed E-state index contributed by atoms with van der Waals surface area (Å²) in [6.07, 6.45) is 6.00. The molecule has 0 radical (unpaired) electrons. The Balaban J connectivity index is 1.30. The van der Waals surface area contributed by atoms with E-state index in [4.69, 9.17) is 13.8 Å². The molecule has 3 aromatic heterocycles. The third-order valence-electron chi connectivity index (χ3n) is 9.83. The molecule has 4 heterocycles. The minimum atomic E-state index is -0.899. The normalized spacial score (nSPS) is 15.4. The molecule has 1 saturated carbocycles. The molecule has 1 aliphatic carbocycles. The molecule has 0 amide bonds. The van der Waals surface area contributed by atoms with Crippen molar-refractivity contribution in [1.29, 1.82) is 0 Å². The van der Waals surface area contributed by atoms with E-state index in [1.54, 1.807) is 6.07 Å². The van der Waals surface area contributed by atoms with Crippen LogP contribution in [0.5, 0.6) is 5.75 Å². The Morgan fingerprint density at radius 2 is 1.70 bits per heavy atom. The highest BCUT2D eigenvalue weighted by Crippen LogP contribution is 2.48. The van der Waals surface area contributed by atoms with Crippen LogP contribution in [0.2, 0.25) is 0 Å². The molecule has 0 saturated heterocycles. The monoisotopic (exact) mass is 638 g/mol. The molecule has 1 N–H and O–H groups in total. The first-order valence-corrected chi connectivity index (χ1v) is 16.7. The molecule has 10 nitrogen and oxygen atoms in total. The Bertz CT molecular complexity index is 1910. The van der Waals surface area contributed by atoms with Crippen molar-refractivity contribution in [3.63, 3.8) is 0 Å². The first-order chi connectivity index (χ1) is 22.6. The second-order valence-electron chi connectivity index (χ2n) is 13.9. The number of rotatable bonds is 10. The van der Waals surface area contributed by atoms with Gasteiger partial charge in [-0.05, 0) is 62.4 Å². The lowest BCUT2D eigenvalue weighted by atomic mass is 9.81. The minimum absolute atomic E-state index is 0.322. The van der Waals surface area contributed by atoms with Crippen LogP contribution < -0.4 is 9.64 Å². The lowest BCUT2D eigenvalue weighted by Crippen LogP contribution is -2.45. The maximum atomic E-state index is 12.1. The maximum Gasteiger partial charge on any atom is 0.335 e. The number of carbonyl (C=O) groups is 1. The van der Waals surface area contributed by atoms with E-state index in [2.05, 4.69) is 52.1 Å². The van der Waals surface area contributed by atoms with Gasteiger partial charge in [-0.25, -0.2) is 4.79 Å². The van der Waals surface area contributed by atoms with Crippen LogP contribution >= 0.6 is 0 Å². The Morgan fingerprint density at radius 1 is 0.957 bits per heavy atom. The van der Waals surface area contributed by atoms with Gasteiger partial charge in [-0.2, -0.15) is 0 Å². The van der Waals surface area contributed by atoms with Gasteiger partial charge in [0.25, 0.3) is 0 Å². The highest BCUT2D eigenvalue weighted by Gasteiger charge is 2.32. The summed E-state index contributed by atoms with van der Waals surface area (Å²) in [6, 6.07) is 16.0. The fraction of sp³-hybridized carbons (Fsp3) is 0.432. The predicted octanol–water partition coefficient (Wildman–Crippen LogP) is 7.32. The number of benzene rings is 2. The third-order valence-corrected chi connectivity index (χ3v) is 9.83. The first kappa shape index (κ1) is 31.1. The highest BCUT2D eigenvalue weighted by atomic mass is 16.5. The highest BCUT2D eigenvalue weighted by molar-refractivity contribution is 5.99. The number of aryl methyl sites for hydroxylation is 2. The Kier molecular flexibility index (Phi) is 8.30. The number of aromatic nitrogens is 3. The van der Waals surface area contributed by atoms with E-state index in [0.717, 1.165) is 89.9 Å². The lowest BCUT2D eigenvalue weighted by molar-refractivity contribution is -0.902. The molecule has 246 valence electrons. The number of ether oxygens (including phenoxy) is 1. The maximum absolute atomic E-state index is 12.1. The molecule has 0 unspecified atom stereocenters. The topological polar surface area (TPSA) is 107 Å². The number of hydrogen-bond donors (Lipinski definition) is 1. The van der Waals surface area contributed by atoms with E-state index in [9.17, 15) is 9.90 Å². The first-order valence-electron chi connectivity index (χ1n) is 16.7. The van der Waals surface area contributed by atoms with Crippen molar-refractivity contribution in [3.05, 3.63) is 82.6 Å².